The van der Waals surface area contributed by atoms with E-state index in [1.807, 2.05) is 26.0 Å². The standard InChI is InChI=1S/C18H13ClO2/c1-8(2)13-14-9-5-3-4-6-10(9)15(13)17-16(14)12(20)7-11(19)18(17)21/h3-7,14-15H,1-2H3. The van der Waals surface area contributed by atoms with Gasteiger partial charge in [0.1, 0.15) is 0 Å². The summed E-state index contributed by atoms with van der Waals surface area (Å²) in [6, 6.07) is 8.08. The molecule has 0 radical (unpaired) electrons. The van der Waals surface area contributed by atoms with Crippen LogP contribution < -0.4 is 0 Å². The van der Waals surface area contributed by atoms with E-state index in [1.165, 1.54) is 17.2 Å². The van der Waals surface area contributed by atoms with Crippen molar-refractivity contribution in [3.8, 4) is 0 Å². The van der Waals surface area contributed by atoms with Gasteiger partial charge in [-0.1, -0.05) is 41.4 Å². The monoisotopic (exact) mass is 296 g/mol. The van der Waals surface area contributed by atoms with Crippen molar-refractivity contribution in [1.82, 2.24) is 0 Å². The van der Waals surface area contributed by atoms with E-state index in [1.54, 1.807) is 0 Å². The van der Waals surface area contributed by atoms with Gasteiger partial charge in [0.15, 0.2) is 5.78 Å². The first kappa shape index (κ1) is 12.8. The van der Waals surface area contributed by atoms with Gasteiger partial charge < -0.3 is 0 Å². The molecule has 2 unspecified atom stereocenters. The second-order valence-corrected chi connectivity index (χ2v) is 6.37. The quantitative estimate of drug-likeness (QED) is 0.539. The molecule has 0 saturated heterocycles. The zero-order valence-corrected chi connectivity index (χ0v) is 12.5. The number of Topliss-reactive ketones (excluding diaryl/α,β-unsaturated/α-hetero) is 1. The number of carbonyl (C=O) groups excluding carboxylic acids is 2. The van der Waals surface area contributed by atoms with Crippen LogP contribution >= 0.6 is 11.6 Å². The van der Waals surface area contributed by atoms with Crippen LogP contribution in [0.2, 0.25) is 0 Å². The lowest BCUT2D eigenvalue weighted by Gasteiger charge is -2.22. The van der Waals surface area contributed by atoms with E-state index in [0.717, 1.165) is 11.1 Å². The zero-order valence-electron chi connectivity index (χ0n) is 11.7. The average Bonchev–Trinajstić information content (AvgIpc) is 2.97. The van der Waals surface area contributed by atoms with E-state index >= 15 is 0 Å². The number of allylic oxidation sites excluding steroid dienone is 6. The number of benzene rings is 1. The minimum absolute atomic E-state index is 0.0388. The minimum atomic E-state index is -0.188. The molecule has 0 amide bonds. The molecule has 2 nitrogen and oxygen atoms in total. The highest BCUT2D eigenvalue weighted by Crippen LogP contribution is 2.62. The molecule has 1 aromatic carbocycles. The predicted molar refractivity (Wildman–Crippen MR) is 81.3 cm³/mol. The summed E-state index contributed by atoms with van der Waals surface area (Å²) in [6.07, 6.45) is 1.27. The lowest BCUT2D eigenvalue weighted by Crippen LogP contribution is -2.21. The molecule has 21 heavy (non-hydrogen) atoms. The first-order valence-electron chi connectivity index (χ1n) is 6.98. The third-order valence-corrected chi connectivity index (χ3v) is 4.95. The van der Waals surface area contributed by atoms with Crippen molar-refractivity contribution < 1.29 is 9.59 Å². The molecule has 0 heterocycles. The van der Waals surface area contributed by atoms with Crippen LogP contribution in [0.4, 0.5) is 0 Å². The van der Waals surface area contributed by atoms with E-state index in [2.05, 4.69) is 12.1 Å². The van der Waals surface area contributed by atoms with Crippen molar-refractivity contribution in [3.05, 3.63) is 68.8 Å². The first-order chi connectivity index (χ1) is 10.0. The summed E-state index contributed by atoms with van der Waals surface area (Å²) >= 11 is 5.96. The van der Waals surface area contributed by atoms with E-state index in [4.69, 9.17) is 11.6 Å². The predicted octanol–water partition coefficient (Wildman–Crippen LogP) is 3.79. The average molecular weight is 297 g/mol. The second-order valence-electron chi connectivity index (χ2n) is 5.96. The summed E-state index contributed by atoms with van der Waals surface area (Å²) in [5, 5.41) is 0.0388. The molecule has 0 spiro atoms. The molecule has 1 aromatic rings. The Labute approximate surface area is 127 Å². The van der Waals surface area contributed by atoms with E-state index in [-0.39, 0.29) is 28.4 Å². The van der Waals surface area contributed by atoms with Crippen LogP contribution in [0, 0.1) is 0 Å². The van der Waals surface area contributed by atoms with E-state index in [9.17, 15) is 9.59 Å². The van der Waals surface area contributed by atoms with E-state index in [0.29, 0.717) is 11.1 Å². The Morgan fingerprint density at radius 3 is 2.14 bits per heavy atom. The van der Waals surface area contributed by atoms with Gasteiger partial charge in [0, 0.05) is 29.1 Å². The Bertz CT molecular complexity index is 819. The maximum Gasteiger partial charge on any atom is 0.201 e. The molecule has 0 N–H and O–H groups in total. The lowest BCUT2D eigenvalue weighted by molar-refractivity contribution is -0.115. The molecule has 0 aliphatic heterocycles. The van der Waals surface area contributed by atoms with Gasteiger partial charge in [0.05, 0.1) is 5.03 Å². The van der Waals surface area contributed by atoms with Gasteiger partial charge in [-0.05, 0) is 30.5 Å². The van der Waals surface area contributed by atoms with Gasteiger partial charge in [0.2, 0.25) is 5.78 Å². The number of fused-ring (bicyclic) bond motifs is 7. The summed E-state index contributed by atoms with van der Waals surface area (Å²) in [6.45, 7) is 4.09. The van der Waals surface area contributed by atoms with Gasteiger partial charge in [-0.15, -0.1) is 0 Å². The van der Waals surface area contributed by atoms with Crippen LogP contribution in [0.1, 0.15) is 36.8 Å². The number of carbonyl (C=O) groups is 2. The molecule has 2 bridgehead atoms. The number of hydrogen-bond donors (Lipinski definition) is 0. The fraction of sp³-hybridized carbons (Fsp3) is 0.222. The Morgan fingerprint density at radius 2 is 1.57 bits per heavy atom. The molecule has 0 saturated carbocycles. The van der Waals surface area contributed by atoms with Crippen LogP contribution in [-0.2, 0) is 9.59 Å². The molecule has 2 atom stereocenters. The number of ketones is 2. The van der Waals surface area contributed by atoms with Crippen LogP contribution in [0.5, 0.6) is 0 Å². The third kappa shape index (κ3) is 1.43. The SMILES string of the molecule is CC(C)=C1C2C3=C(C(=O)C(Cl)=CC3=O)C1c1ccccc12. The van der Waals surface area contributed by atoms with E-state index < -0.39 is 0 Å². The maximum absolute atomic E-state index is 12.5. The zero-order chi connectivity index (χ0) is 14.9. The summed E-state index contributed by atoms with van der Waals surface area (Å²) in [5.41, 5.74) is 5.90. The Morgan fingerprint density at radius 1 is 1.00 bits per heavy atom. The lowest BCUT2D eigenvalue weighted by atomic mass is 9.80. The van der Waals surface area contributed by atoms with Crippen molar-refractivity contribution in [3.63, 3.8) is 0 Å². The molecule has 3 heteroatoms. The largest absolute Gasteiger partial charge is 0.290 e. The van der Waals surface area contributed by atoms with Crippen LogP contribution in [0.3, 0.4) is 0 Å². The Kier molecular flexibility index (Phi) is 2.46. The van der Waals surface area contributed by atoms with Crippen molar-refractivity contribution >= 4 is 23.2 Å². The van der Waals surface area contributed by atoms with Gasteiger partial charge in [-0.2, -0.15) is 0 Å². The third-order valence-electron chi connectivity index (χ3n) is 4.67. The highest BCUT2D eigenvalue weighted by atomic mass is 35.5. The van der Waals surface area contributed by atoms with Crippen molar-refractivity contribution in [1.29, 1.82) is 0 Å². The second kappa shape index (κ2) is 4.05. The smallest absolute Gasteiger partial charge is 0.201 e. The molecule has 4 rings (SSSR count). The minimum Gasteiger partial charge on any atom is -0.290 e. The molecular formula is C18H13ClO2. The van der Waals surface area contributed by atoms with Crippen molar-refractivity contribution in [2.75, 3.05) is 0 Å². The van der Waals surface area contributed by atoms with Crippen molar-refractivity contribution in [2.45, 2.75) is 25.7 Å². The fourth-order valence-corrected chi connectivity index (χ4v) is 4.17. The molecule has 0 aromatic heterocycles. The molecular weight excluding hydrogens is 284 g/mol. The van der Waals surface area contributed by atoms with Gasteiger partial charge in [0.25, 0.3) is 0 Å². The van der Waals surface area contributed by atoms with Crippen LogP contribution in [0.25, 0.3) is 0 Å². The molecule has 104 valence electrons. The van der Waals surface area contributed by atoms with Gasteiger partial charge >= 0.3 is 0 Å². The maximum atomic E-state index is 12.5. The topological polar surface area (TPSA) is 34.1 Å². The van der Waals surface area contributed by atoms with Gasteiger partial charge in [-0.25, -0.2) is 0 Å². The summed E-state index contributed by atoms with van der Waals surface area (Å²) in [4.78, 5) is 24.9. The fourth-order valence-electron chi connectivity index (χ4n) is 3.96. The van der Waals surface area contributed by atoms with Crippen LogP contribution in [-0.4, -0.2) is 11.6 Å². The summed E-state index contributed by atoms with van der Waals surface area (Å²) < 4.78 is 0. The van der Waals surface area contributed by atoms with Crippen LogP contribution in [0.15, 0.2) is 57.7 Å². The number of hydrogen-bond acceptors (Lipinski definition) is 2. The Hall–Kier alpha value is -1.93. The molecule has 3 aliphatic carbocycles. The van der Waals surface area contributed by atoms with Gasteiger partial charge in [-0.3, -0.25) is 9.59 Å². The number of rotatable bonds is 0. The number of halogens is 1. The normalized spacial score (nSPS) is 26.0. The highest BCUT2D eigenvalue weighted by Gasteiger charge is 2.52. The summed E-state index contributed by atoms with van der Waals surface area (Å²) in [7, 11) is 0. The van der Waals surface area contributed by atoms with Crippen molar-refractivity contribution in [2.24, 2.45) is 0 Å². The molecule has 3 aliphatic rings. The molecule has 0 fully saturated rings. The Balaban J connectivity index is 2.05. The highest BCUT2D eigenvalue weighted by molar-refractivity contribution is 6.49. The first-order valence-corrected chi connectivity index (χ1v) is 7.36. The summed E-state index contributed by atoms with van der Waals surface area (Å²) in [5.74, 6) is -0.462.